The number of esters is 1. The summed E-state index contributed by atoms with van der Waals surface area (Å²) < 4.78 is 16.8. The molecule has 18 heavy (non-hydrogen) atoms. The van der Waals surface area contributed by atoms with Crippen molar-refractivity contribution >= 4 is 5.97 Å². The highest BCUT2D eigenvalue weighted by Crippen LogP contribution is 2.29. The van der Waals surface area contributed by atoms with E-state index in [-0.39, 0.29) is 30.2 Å². The molecule has 2 aliphatic heterocycles. The Kier molecular flexibility index (Phi) is 5.01. The molecule has 0 saturated carbocycles. The lowest BCUT2D eigenvalue weighted by Gasteiger charge is -2.20. The van der Waals surface area contributed by atoms with Gasteiger partial charge >= 0.3 is 5.97 Å². The molecule has 0 N–H and O–H groups in total. The maximum atomic E-state index is 12.1. The molecular weight excluding hydrogens is 232 g/mol. The lowest BCUT2D eigenvalue weighted by molar-refractivity contribution is -0.159. The van der Waals surface area contributed by atoms with E-state index < -0.39 is 0 Å². The van der Waals surface area contributed by atoms with Crippen molar-refractivity contribution in [2.75, 3.05) is 13.2 Å². The van der Waals surface area contributed by atoms with Gasteiger partial charge in [-0.05, 0) is 19.3 Å². The Morgan fingerprint density at radius 3 is 2.94 bits per heavy atom. The maximum Gasteiger partial charge on any atom is 0.309 e. The van der Waals surface area contributed by atoms with E-state index in [1.807, 2.05) is 6.92 Å². The van der Waals surface area contributed by atoms with E-state index in [4.69, 9.17) is 14.2 Å². The SMILES string of the molecule is CCCC[C@@H](CC)C(=O)O[C@@H]1CO[C@@H]2CCO[C@@H]21. The third kappa shape index (κ3) is 3.04. The van der Waals surface area contributed by atoms with E-state index in [1.54, 1.807) is 0 Å². The number of hydrogen-bond donors (Lipinski definition) is 0. The molecule has 4 atom stereocenters. The summed E-state index contributed by atoms with van der Waals surface area (Å²) in [6.07, 6.45) is 4.81. The van der Waals surface area contributed by atoms with Crippen LogP contribution in [0.3, 0.4) is 0 Å². The van der Waals surface area contributed by atoms with Crippen molar-refractivity contribution in [1.82, 2.24) is 0 Å². The van der Waals surface area contributed by atoms with Crippen LogP contribution in [0.4, 0.5) is 0 Å². The van der Waals surface area contributed by atoms with Crippen molar-refractivity contribution in [3.05, 3.63) is 0 Å². The standard InChI is InChI=1S/C14H24O4/c1-3-5-6-10(4-2)14(15)18-12-9-17-11-7-8-16-13(11)12/h10-13H,3-9H2,1-2H3/t10-,11-,12-,13+/m1/s1. The molecule has 0 radical (unpaired) electrons. The van der Waals surface area contributed by atoms with Gasteiger partial charge in [0, 0.05) is 6.61 Å². The van der Waals surface area contributed by atoms with Gasteiger partial charge in [0.2, 0.25) is 0 Å². The number of rotatable bonds is 6. The molecule has 0 aromatic heterocycles. The van der Waals surface area contributed by atoms with E-state index in [1.165, 1.54) is 0 Å². The molecule has 0 spiro atoms. The predicted octanol–water partition coefficient (Wildman–Crippen LogP) is 2.30. The molecule has 0 aromatic carbocycles. The second-order valence-electron chi connectivity index (χ2n) is 5.22. The van der Waals surface area contributed by atoms with Crippen molar-refractivity contribution in [2.45, 2.75) is 64.3 Å². The first-order valence-corrected chi connectivity index (χ1v) is 7.20. The van der Waals surface area contributed by atoms with Crippen molar-refractivity contribution in [3.63, 3.8) is 0 Å². The second kappa shape index (κ2) is 6.53. The zero-order chi connectivity index (χ0) is 13.0. The third-order valence-corrected chi connectivity index (χ3v) is 3.92. The smallest absolute Gasteiger partial charge is 0.309 e. The van der Waals surface area contributed by atoms with Gasteiger partial charge in [-0.1, -0.05) is 26.7 Å². The summed E-state index contributed by atoms with van der Waals surface area (Å²) >= 11 is 0. The van der Waals surface area contributed by atoms with Crippen molar-refractivity contribution < 1.29 is 19.0 Å². The van der Waals surface area contributed by atoms with E-state index in [2.05, 4.69) is 6.92 Å². The summed E-state index contributed by atoms with van der Waals surface area (Å²) in [5.74, 6) is -0.0406. The number of carbonyl (C=O) groups is 1. The minimum atomic E-state index is -0.194. The molecule has 2 rings (SSSR count). The highest BCUT2D eigenvalue weighted by molar-refractivity contribution is 5.72. The van der Waals surface area contributed by atoms with Gasteiger partial charge < -0.3 is 14.2 Å². The van der Waals surface area contributed by atoms with E-state index in [0.717, 1.165) is 38.7 Å². The summed E-state index contributed by atoms with van der Waals surface area (Å²) in [6, 6.07) is 0. The van der Waals surface area contributed by atoms with Gasteiger partial charge in [0.1, 0.15) is 6.10 Å². The minimum absolute atomic E-state index is 0.0300. The fourth-order valence-corrected chi connectivity index (χ4v) is 2.72. The fourth-order valence-electron chi connectivity index (χ4n) is 2.72. The fraction of sp³-hybridized carbons (Fsp3) is 0.929. The molecular formula is C14H24O4. The number of ether oxygens (including phenoxy) is 3. The van der Waals surface area contributed by atoms with Gasteiger partial charge in [0.15, 0.2) is 6.10 Å². The van der Waals surface area contributed by atoms with E-state index >= 15 is 0 Å². The van der Waals surface area contributed by atoms with Crippen LogP contribution in [-0.2, 0) is 19.0 Å². The zero-order valence-corrected chi connectivity index (χ0v) is 11.4. The Morgan fingerprint density at radius 1 is 1.39 bits per heavy atom. The first kappa shape index (κ1) is 13.8. The van der Waals surface area contributed by atoms with Crippen LogP contribution in [0.2, 0.25) is 0 Å². The van der Waals surface area contributed by atoms with Gasteiger partial charge in [-0.25, -0.2) is 0 Å². The molecule has 0 aromatic rings. The average Bonchev–Trinajstić information content (AvgIpc) is 2.95. The van der Waals surface area contributed by atoms with Gasteiger partial charge in [0.05, 0.1) is 18.6 Å². The van der Waals surface area contributed by atoms with Gasteiger partial charge in [0.25, 0.3) is 0 Å². The Labute approximate surface area is 109 Å². The zero-order valence-electron chi connectivity index (χ0n) is 11.4. The predicted molar refractivity (Wildman–Crippen MR) is 67.3 cm³/mol. The normalized spacial score (nSPS) is 32.2. The van der Waals surface area contributed by atoms with Crippen LogP contribution in [-0.4, -0.2) is 37.5 Å². The first-order chi connectivity index (χ1) is 8.76. The number of unbranched alkanes of at least 4 members (excludes halogenated alkanes) is 1. The minimum Gasteiger partial charge on any atom is -0.457 e. The molecule has 104 valence electrons. The average molecular weight is 256 g/mol. The monoisotopic (exact) mass is 256 g/mol. The lowest BCUT2D eigenvalue weighted by Crippen LogP contribution is -2.34. The van der Waals surface area contributed by atoms with Crippen LogP contribution >= 0.6 is 0 Å². The molecule has 0 amide bonds. The summed E-state index contributed by atoms with van der Waals surface area (Å²) in [7, 11) is 0. The summed E-state index contributed by atoms with van der Waals surface area (Å²) in [5, 5.41) is 0. The van der Waals surface area contributed by atoms with Gasteiger partial charge in [-0.15, -0.1) is 0 Å². The van der Waals surface area contributed by atoms with Gasteiger partial charge in [-0.3, -0.25) is 4.79 Å². The lowest BCUT2D eigenvalue weighted by atomic mass is 9.99. The molecule has 2 saturated heterocycles. The van der Waals surface area contributed by atoms with Crippen LogP contribution in [0, 0.1) is 5.92 Å². The van der Waals surface area contributed by atoms with Crippen LogP contribution < -0.4 is 0 Å². The van der Waals surface area contributed by atoms with Crippen LogP contribution in [0.25, 0.3) is 0 Å². The molecule has 4 nitrogen and oxygen atoms in total. The van der Waals surface area contributed by atoms with Crippen molar-refractivity contribution in [2.24, 2.45) is 5.92 Å². The Bertz CT molecular complexity index is 279. The molecule has 2 heterocycles. The summed E-state index contributed by atoms with van der Waals surface area (Å²) in [4.78, 5) is 12.1. The topological polar surface area (TPSA) is 44.8 Å². The third-order valence-electron chi connectivity index (χ3n) is 3.92. The molecule has 2 aliphatic rings. The van der Waals surface area contributed by atoms with Crippen LogP contribution in [0.15, 0.2) is 0 Å². The second-order valence-corrected chi connectivity index (χ2v) is 5.22. The maximum absolute atomic E-state index is 12.1. The summed E-state index contributed by atoms with van der Waals surface area (Å²) in [6.45, 7) is 5.39. The quantitative estimate of drug-likeness (QED) is 0.684. The molecule has 2 fully saturated rings. The molecule has 0 aliphatic carbocycles. The van der Waals surface area contributed by atoms with E-state index in [9.17, 15) is 4.79 Å². The number of fused-ring (bicyclic) bond motifs is 1. The Morgan fingerprint density at radius 2 is 2.22 bits per heavy atom. The Balaban J connectivity index is 1.82. The largest absolute Gasteiger partial charge is 0.457 e. The highest BCUT2D eigenvalue weighted by Gasteiger charge is 2.44. The molecule has 4 heteroatoms. The Hall–Kier alpha value is -0.610. The molecule has 0 unspecified atom stereocenters. The van der Waals surface area contributed by atoms with Crippen LogP contribution in [0.1, 0.15) is 46.0 Å². The molecule has 0 bridgehead atoms. The van der Waals surface area contributed by atoms with Gasteiger partial charge in [-0.2, -0.15) is 0 Å². The van der Waals surface area contributed by atoms with Crippen LogP contribution in [0.5, 0.6) is 0 Å². The summed E-state index contributed by atoms with van der Waals surface area (Å²) in [5.41, 5.74) is 0. The van der Waals surface area contributed by atoms with Crippen molar-refractivity contribution in [3.8, 4) is 0 Å². The van der Waals surface area contributed by atoms with E-state index in [0.29, 0.717) is 6.61 Å². The highest BCUT2D eigenvalue weighted by atomic mass is 16.6. The number of hydrogen-bond acceptors (Lipinski definition) is 4. The first-order valence-electron chi connectivity index (χ1n) is 7.20. The van der Waals surface area contributed by atoms with Crippen molar-refractivity contribution in [1.29, 1.82) is 0 Å². The number of carbonyl (C=O) groups excluding carboxylic acids is 1.